The second-order valence-corrected chi connectivity index (χ2v) is 6.80. The molecule has 0 aliphatic rings. The lowest BCUT2D eigenvalue weighted by Crippen LogP contribution is -2.31. The Balaban J connectivity index is 1.51. The van der Waals surface area contributed by atoms with Gasteiger partial charge in [-0.1, -0.05) is 55.5 Å². The summed E-state index contributed by atoms with van der Waals surface area (Å²) in [5.41, 5.74) is 2.53. The first-order valence-electron chi connectivity index (χ1n) is 8.01. The number of rotatable bonds is 6. The standard InChI is InChI=1S/C20H21NOS/c1-15(13-16-7-3-2-4-8-16)20(22)21-12-11-17-14-23-19-10-6-5-9-18(17)19/h2-10,14-15H,11-13H2,1H3,(H,21,22). The van der Waals surface area contributed by atoms with Crippen LogP contribution in [-0.2, 0) is 17.6 Å². The van der Waals surface area contributed by atoms with Crippen molar-refractivity contribution in [2.24, 2.45) is 5.92 Å². The van der Waals surface area contributed by atoms with Gasteiger partial charge in [0.1, 0.15) is 0 Å². The number of hydrogen-bond donors (Lipinski definition) is 1. The average Bonchev–Trinajstić information content (AvgIpc) is 2.99. The summed E-state index contributed by atoms with van der Waals surface area (Å²) in [4.78, 5) is 12.2. The predicted molar refractivity (Wildman–Crippen MR) is 97.8 cm³/mol. The molecule has 3 heteroatoms. The van der Waals surface area contributed by atoms with Crippen molar-refractivity contribution in [1.82, 2.24) is 5.32 Å². The molecule has 1 heterocycles. The molecule has 1 amide bonds. The largest absolute Gasteiger partial charge is 0.356 e. The average molecular weight is 323 g/mol. The van der Waals surface area contributed by atoms with Crippen LogP contribution in [0.1, 0.15) is 18.1 Å². The third-order valence-electron chi connectivity index (χ3n) is 4.09. The molecule has 3 rings (SSSR count). The van der Waals surface area contributed by atoms with Gasteiger partial charge in [-0.2, -0.15) is 0 Å². The van der Waals surface area contributed by atoms with Gasteiger partial charge >= 0.3 is 0 Å². The van der Waals surface area contributed by atoms with Gasteiger partial charge in [0.25, 0.3) is 0 Å². The van der Waals surface area contributed by atoms with Gasteiger partial charge < -0.3 is 5.32 Å². The second kappa shape index (κ2) is 7.42. The zero-order chi connectivity index (χ0) is 16.1. The van der Waals surface area contributed by atoms with Crippen LogP contribution in [0.2, 0.25) is 0 Å². The molecule has 1 atom stereocenters. The maximum absolute atomic E-state index is 12.2. The molecule has 0 bridgehead atoms. The van der Waals surface area contributed by atoms with Crippen molar-refractivity contribution in [2.75, 3.05) is 6.54 Å². The Labute approximate surface area is 141 Å². The first-order valence-corrected chi connectivity index (χ1v) is 8.89. The van der Waals surface area contributed by atoms with Crippen molar-refractivity contribution in [3.05, 3.63) is 71.1 Å². The molecule has 1 N–H and O–H groups in total. The van der Waals surface area contributed by atoms with Crippen LogP contribution in [0, 0.1) is 5.92 Å². The van der Waals surface area contributed by atoms with E-state index in [1.54, 1.807) is 11.3 Å². The SMILES string of the molecule is CC(Cc1ccccc1)C(=O)NCCc1csc2ccccc12. The molecule has 2 aromatic carbocycles. The monoisotopic (exact) mass is 323 g/mol. The Morgan fingerprint density at radius 1 is 1.09 bits per heavy atom. The molecule has 0 spiro atoms. The van der Waals surface area contributed by atoms with E-state index in [0.717, 1.165) is 12.8 Å². The fourth-order valence-electron chi connectivity index (χ4n) is 2.78. The van der Waals surface area contributed by atoms with E-state index in [1.807, 2.05) is 25.1 Å². The van der Waals surface area contributed by atoms with Crippen molar-refractivity contribution in [2.45, 2.75) is 19.8 Å². The number of fused-ring (bicyclic) bond motifs is 1. The third-order valence-corrected chi connectivity index (χ3v) is 5.10. The number of carbonyl (C=O) groups is 1. The maximum Gasteiger partial charge on any atom is 0.223 e. The van der Waals surface area contributed by atoms with E-state index >= 15 is 0 Å². The minimum atomic E-state index is -0.00313. The van der Waals surface area contributed by atoms with Crippen molar-refractivity contribution in [3.8, 4) is 0 Å². The predicted octanol–water partition coefficient (Wildman–Crippen LogP) is 4.44. The van der Waals surface area contributed by atoms with Gasteiger partial charge in [0.15, 0.2) is 0 Å². The number of hydrogen-bond acceptors (Lipinski definition) is 2. The lowest BCUT2D eigenvalue weighted by Gasteiger charge is -2.12. The fraction of sp³-hybridized carbons (Fsp3) is 0.250. The van der Waals surface area contributed by atoms with Crippen LogP contribution in [0.3, 0.4) is 0 Å². The smallest absolute Gasteiger partial charge is 0.223 e. The summed E-state index contributed by atoms with van der Waals surface area (Å²) in [6.07, 6.45) is 1.67. The van der Waals surface area contributed by atoms with Crippen LogP contribution in [0.15, 0.2) is 60.0 Å². The van der Waals surface area contributed by atoms with Gasteiger partial charge in [-0.15, -0.1) is 11.3 Å². The summed E-state index contributed by atoms with van der Waals surface area (Å²) < 4.78 is 1.31. The minimum Gasteiger partial charge on any atom is -0.356 e. The zero-order valence-corrected chi connectivity index (χ0v) is 14.1. The van der Waals surface area contributed by atoms with E-state index in [9.17, 15) is 4.79 Å². The summed E-state index contributed by atoms with van der Waals surface area (Å²) in [7, 11) is 0. The second-order valence-electron chi connectivity index (χ2n) is 5.89. The van der Waals surface area contributed by atoms with Gasteiger partial charge in [0, 0.05) is 17.2 Å². The van der Waals surface area contributed by atoms with E-state index < -0.39 is 0 Å². The van der Waals surface area contributed by atoms with E-state index in [4.69, 9.17) is 0 Å². The molecule has 2 nitrogen and oxygen atoms in total. The first kappa shape index (κ1) is 15.8. The zero-order valence-electron chi connectivity index (χ0n) is 13.3. The van der Waals surface area contributed by atoms with Crippen LogP contribution in [-0.4, -0.2) is 12.5 Å². The summed E-state index contributed by atoms with van der Waals surface area (Å²) >= 11 is 1.77. The van der Waals surface area contributed by atoms with Crippen LogP contribution >= 0.6 is 11.3 Å². The highest BCUT2D eigenvalue weighted by Gasteiger charge is 2.13. The Hall–Kier alpha value is -2.13. The van der Waals surface area contributed by atoms with E-state index in [0.29, 0.717) is 6.54 Å². The highest BCUT2D eigenvalue weighted by molar-refractivity contribution is 7.17. The lowest BCUT2D eigenvalue weighted by atomic mass is 10.0. The fourth-order valence-corrected chi connectivity index (χ4v) is 3.78. The normalized spacial score (nSPS) is 12.2. The summed E-state index contributed by atoms with van der Waals surface area (Å²) in [6, 6.07) is 18.6. The molecule has 23 heavy (non-hydrogen) atoms. The van der Waals surface area contributed by atoms with Crippen molar-refractivity contribution >= 4 is 27.3 Å². The number of carbonyl (C=O) groups excluding carboxylic acids is 1. The Bertz CT molecular complexity index is 778. The van der Waals surface area contributed by atoms with Gasteiger partial charge in [0.05, 0.1) is 0 Å². The lowest BCUT2D eigenvalue weighted by molar-refractivity contribution is -0.124. The molecule has 1 aromatic heterocycles. The molecular weight excluding hydrogens is 302 g/mol. The van der Waals surface area contributed by atoms with Crippen molar-refractivity contribution in [1.29, 1.82) is 0 Å². The first-order chi connectivity index (χ1) is 11.2. The molecule has 0 saturated carbocycles. The van der Waals surface area contributed by atoms with Crippen LogP contribution in [0.4, 0.5) is 0 Å². The molecule has 118 valence electrons. The Kier molecular flexibility index (Phi) is 5.09. The molecule has 0 aliphatic heterocycles. The number of nitrogens with one attached hydrogen (secondary N) is 1. The summed E-state index contributed by atoms with van der Waals surface area (Å²) in [5, 5.41) is 6.58. The van der Waals surface area contributed by atoms with E-state index in [2.05, 4.69) is 47.1 Å². The van der Waals surface area contributed by atoms with Gasteiger partial charge in [-0.25, -0.2) is 0 Å². The highest BCUT2D eigenvalue weighted by atomic mass is 32.1. The number of benzene rings is 2. The Morgan fingerprint density at radius 3 is 2.65 bits per heavy atom. The molecule has 1 unspecified atom stereocenters. The van der Waals surface area contributed by atoms with Gasteiger partial charge in [-0.3, -0.25) is 4.79 Å². The topological polar surface area (TPSA) is 29.1 Å². The quantitative estimate of drug-likeness (QED) is 0.714. The van der Waals surface area contributed by atoms with Crippen molar-refractivity contribution in [3.63, 3.8) is 0 Å². The molecule has 0 saturated heterocycles. The van der Waals surface area contributed by atoms with Gasteiger partial charge in [0.2, 0.25) is 5.91 Å². The van der Waals surface area contributed by atoms with Crippen LogP contribution in [0.5, 0.6) is 0 Å². The minimum absolute atomic E-state index is 0.00313. The molecule has 0 radical (unpaired) electrons. The summed E-state index contributed by atoms with van der Waals surface area (Å²) in [5.74, 6) is 0.130. The highest BCUT2D eigenvalue weighted by Crippen LogP contribution is 2.25. The summed E-state index contributed by atoms with van der Waals surface area (Å²) in [6.45, 7) is 2.68. The van der Waals surface area contributed by atoms with E-state index in [-0.39, 0.29) is 11.8 Å². The molecule has 0 fully saturated rings. The maximum atomic E-state index is 12.2. The number of amides is 1. The van der Waals surface area contributed by atoms with Gasteiger partial charge in [-0.05, 0) is 40.8 Å². The molecule has 0 aliphatic carbocycles. The Morgan fingerprint density at radius 2 is 1.83 bits per heavy atom. The third kappa shape index (κ3) is 3.99. The molecule has 3 aromatic rings. The molecular formula is C20H21NOS. The van der Waals surface area contributed by atoms with Crippen LogP contribution in [0.25, 0.3) is 10.1 Å². The van der Waals surface area contributed by atoms with E-state index in [1.165, 1.54) is 21.2 Å². The van der Waals surface area contributed by atoms with Crippen LogP contribution < -0.4 is 5.32 Å². The number of thiophene rings is 1. The van der Waals surface area contributed by atoms with Crippen molar-refractivity contribution < 1.29 is 4.79 Å².